The van der Waals surface area contributed by atoms with Crippen molar-refractivity contribution < 1.29 is 14.0 Å². The van der Waals surface area contributed by atoms with Crippen LogP contribution in [0.4, 0.5) is 0 Å². The Balaban J connectivity index is 1.49. The van der Waals surface area contributed by atoms with Crippen LogP contribution in [0.1, 0.15) is 28.9 Å². The van der Waals surface area contributed by atoms with Gasteiger partial charge in [-0.15, -0.1) is 0 Å². The maximum absolute atomic E-state index is 13.3. The molecular formula is C23H20N3O3+. The molecule has 0 spiro atoms. The van der Waals surface area contributed by atoms with E-state index in [-0.39, 0.29) is 18.5 Å². The summed E-state index contributed by atoms with van der Waals surface area (Å²) in [4.78, 5) is 27.5. The summed E-state index contributed by atoms with van der Waals surface area (Å²) < 4.78 is 6.64. The Hall–Kier alpha value is -3.67. The van der Waals surface area contributed by atoms with E-state index in [0.29, 0.717) is 11.3 Å². The quantitative estimate of drug-likeness (QED) is 0.536. The van der Waals surface area contributed by atoms with Crippen LogP contribution in [-0.2, 0) is 6.54 Å². The van der Waals surface area contributed by atoms with Gasteiger partial charge in [-0.05, 0) is 45.7 Å². The second-order valence-electron chi connectivity index (χ2n) is 7.32. The standard InChI is InChI=1S/C23H19N3O3/c27-22(18-11-10-16-6-4-5-7-17(16)14-18)25(19-12-13-19)15-21-23(28)29-24-26(21)20-8-2-1-3-9-20/h1-11,14,19H,12-13,15H2/p+1. The highest BCUT2D eigenvalue weighted by atomic mass is 16.5. The first-order chi connectivity index (χ1) is 14.2. The van der Waals surface area contributed by atoms with E-state index in [1.807, 2.05) is 72.8 Å². The molecule has 1 heterocycles. The SMILES string of the molecule is O=C(c1ccc2ccccc2c1)N(Cc1c(=O)o[nH][n+]1-c1ccccc1)C1CC1. The zero-order valence-corrected chi connectivity index (χ0v) is 15.7. The van der Waals surface area contributed by atoms with E-state index in [4.69, 9.17) is 4.52 Å². The number of nitrogens with zero attached hydrogens (tertiary/aromatic N) is 2. The molecule has 1 N–H and O–H groups in total. The van der Waals surface area contributed by atoms with Gasteiger partial charge in [0, 0.05) is 23.7 Å². The summed E-state index contributed by atoms with van der Waals surface area (Å²) in [5, 5.41) is 4.76. The average molecular weight is 386 g/mol. The lowest BCUT2D eigenvalue weighted by molar-refractivity contribution is -0.678. The van der Waals surface area contributed by atoms with Gasteiger partial charge in [0.1, 0.15) is 6.54 Å². The Kier molecular flexibility index (Phi) is 4.24. The van der Waals surface area contributed by atoms with Crippen molar-refractivity contribution in [2.24, 2.45) is 0 Å². The number of hydrogen-bond acceptors (Lipinski definition) is 3. The highest BCUT2D eigenvalue weighted by Gasteiger charge is 2.37. The van der Waals surface area contributed by atoms with Crippen molar-refractivity contribution in [2.45, 2.75) is 25.4 Å². The van der Waals surface area contributed by atoms with E-state index in [1.165, 1.54) is 0 Å². The molecule has 29 heavy (non-hydrogen) atoms. The third kappa shape index (κ3) is 3.33. The summed E-state index contributed by atoms with van der Waals surface area (Å²) in [6.07, 6.45) is 1.89. The maximum Gasteiger partial charge on any atom is 0.432 e. The maximum atomic E-state index is 13.3. The average Bonchev–Trinajstić information content (AvgIpc) is 3.55. The number of fused-ring (bicyclic) bond motifs is 1. The lowest BCUT2D eigenvalue weighted by Gasteiger charge is -2.20. The van der Waals surface area contributed by atoms with Gasteiger partial charge in [-0.25, -0.2) is 4.79 Å². The van der Waals surface area contributed by atoms with Crippen LogP contribution in [-0.4, -0.2) is 22.1 Å². The molecular weight excluding hydrogens is 366 g/mol. The highest BCUT2D eigenvalue weighted by molar-refractivity contribution is 5.98. The van der Waals surface area contributed by atoms with Crippen molar-refractivity contribution in [2.75, 3.05) is 0 Å². The number of nitrogens with one attached hydrogen (secondary N) is 1. The van der Waals surface area contributed by atoms with Crippen molar-refractivity contribution in [1.29, 1.82) is 0 Å². The van der Waals surface area contributed by atoms with Gasteiger partial charge in [-0.3, -0.25) is 9.32 Å². The normalized spacial score (nSPS) is 13.5. The molecule has 0 saturated heterocycles. The lowest BCUT2D eigenvalue weighted by Crippen LogP contribution is -2.43. The van der Waals surface area contributed by atoms with Crippen LogP contribution < -0.4 is 10.3 Å². The Bertz CT molecular complexity index is 1240. The molecule has 0 radical (unpaired) electrons. The molecule has 4 aromatic rings. The van der Waals surface area contributed by atoms with Gasteiger partial charge in [0.05, 0.1) is 0 Å². The minimum atomic E-state index is -0.467. The molecule has 3 aromatic carbocycles. The zero-order chi connectivity index (χ0) is 19.8. The number of H-pyrrole nitrogens is 1. The fourth-order valence-electron chi connectivity index (χ4n) is 3.62. The molecule has 5 rings (SSSR count). The van der Waals surface area contributed by atoms with E-state index in [9.17, 15) is 9.59 Å². The summed E-state index contributed by atoms with van der Waals surface area (Å²) in [7, 11) is 0. The van der Waals surface area contributed by atoms with Crippen molar-refractivity contribution >= 4 is 16.7 Å². The number of carbonyl (C=O) groups is 1. The smallest absolute Gasteiger partial charge is 0.325 e. The number of carbonyl (C=O) groups excluding carboxylic acids is 1. The molecule has 144 valence electrons. The Morgan fingerprint density at radius 3 is 2.48 bits per heavy atom. The van der Waals surface area contributed by atoms with Crippen LogP contribution in [0, 0.1) is 0 Å². The molecule has 0 unspecified atom stereocenters. The molecule has 6 heteroatoms. The number of aromatic amines is 1. The topological polar surface area (TPSA) is 70.2 Å². The molecule has 1 amide bonds. The predicted molar refractivity (Wildman–Crippen MR) is 108 cm³/mol. The molecule has 1 aliphatic rings. The fraction of sp³-hybridized carbons (Fsp3) is 0.174. The summed E-state index contributed by atoms with van der Waals surface area (Å²) in [6, 6.07) is 23.3. The van der Waals surface area contributed by atoms with Crippen LogP contribution in [0.3, 0.4) is 0 Å². The van der Waals surface area contributed by atoms with Crippen molar-refractivity contribution in [3.63, 3.8) is 0 Å². The minimum Gasteiger partial charge on any atom is -0.325 e. The molecule has 6 nitrogen and oxygen atoms in total. The lowest BCUT2D eigenvalue weighted by atomic mass is 10.1. The van der Waals surface area contributed by atoms with Crippen molar-refractivity contribution in [1.82, 2.24) is 10.2 Å². The molecule has 0 atom stereocenters. The molecule has 1 fully saturated rings. The van der Waals surface area contributed by atoms with Gasteiger partial charge in [0.25, 0.3) is 5.91 Å². The number of amides is 1. The fourth-order valence-corrected chi connectivity index (χ4v) is 3.62. The Labute approximate surface area is 166 Å². The van der Waals surface area contributed by atoms with Crippen LogP contribution in [0.5, 0.6) is 0 Å². The summed E-state index contributed by atoms with van der Waals surface area (Å²) >= 11 is 0. The number of hydrogen-bond donors (Lipinski definition) is 1. The number of aromatic nitrogens is 2. The monoisotopic (exact) mass is 386 g/mol. The van der Waals surface area contributed by atoms with Gasteiger partial charge in [0.15, 0.2) is 0 Å². The third-order valence-corrected chi connectivity index (χ3v) is 5.31. The van der Waals surface area contributed by atoms with Gasteiger partial charge >= 0.3 is 11.3 Å². The van der Waals surface area contributed by atoms with E-state index >= 15 is 0 Å². The molecule has 0 bridgehead atoms. The van der Waals surface area contributed by atoms with Crippen molar-refractivity contribution in [3.8, 4) is 5.69 Å². The molecule has 0 aliphatic heterocycles. The van der Waals surface area contributed by atoms with Gasteiger partial charge in [0.2, 0.25) is 5.69 Å². The highest BCUT2D eigenvalue weighted by Crippen LogP contribution is 2.30. The van der Waals surface area contributed by atoms with Gasteiger partial charge < -0.3 is 4.90 Å². The zero-order valence-electron chi connectivity index (χ0n) is 15.7. The van der Waals surface area contributed by atoms with E-state index in [2.05, 4.69) is 5.27 Å². The predicted octanol–water partition coefficient (Wildman–Crippen LogP) is 3.20. The molecule has 1 saturated carbocycles. The summed E-state index contributed by atoms with van der Waals surface area (Å²) in [6.45, 7) is 0.192. The second kappa shape index (κ2) is 7.05. The van der Waals surface area contributed by atoms with E-state index in [0.717, 1.165) is 29.3 Å². The van der Waals surface area contributed by atoms with E-state index < -0.39 is 5.63 Å². The Morgan fingerprint density at radius 1 is 1.00 bits per heavy atom. The Morgan fingerprint density at radius 2 is 1.72 bits per heavy atom. The van der Waals surface area contributed by atoms with Gasteiger partial charge in [-0.2, -0.15) is 0 Å². The van der Waals surface area contributed by atoms with Crippen LogP contribution in [0.15, 0.2) is 82.1 Å². The van der Waals surface area contributed by atoms with E-state index in [1.54, 1.807) is 9.58 Å². The number of rotatable bonds is 5. The summed E-state index contributed by atoms with van der Waals surface area (Å²) in [5.74, 6) is -0.0709. The van der Waals surface area contributed by atoms with Crippen LogP contribution >= 0.6 is 0 Å². The van der Waals surface area contributed by atoms with Gasteiger partial charge in [-0.1, -0.05) is 48.5 Å². The number of benzene rings is 3. The molecule has 1 aliphatic carbocycles. The number of para-hydroxylation sites is 1. The first-order valence-corrected chi connectivity index (χ1v) is 9.68. The third-order valence-electron chi connectivity index (χ3n) is 5.31. The first kappa shape index (κ1) is 17.4. The summed E-state index contributed by atoms with van der Waals surface area (Å²) in [5.41, 5.74) is 1.34. The first-order valence-electron chi connectivity index (χ1n) is 9.68. The second-order valence-corrected chi connectivity index (χ2v) is 7.32. The van der Waals surface area contributed by atoms with Crippen LogP contribution in [0.2, 0.25) is 0 Å². The van der Waals surface area contributed by atoms with Crippen molar-refractivity contribution in [3.05, 3.63) is 94.5 Å². The largest absolute Gasteiger partial charge is 0.432 e. The molecule has 1 aromatic heterocycles. The van der Waals surface area contributed by atoms with Crippen LogP contribution in [0.25, 0.3) is 16.5 Å². The minimum absolute atomic E-state index is 0.0709.